The maximum Gasteiger partial charge on any atom is 0 e. The van der Waals surface area contributed by atoms with Crippen molar-refractivity contribution >= 4 is 0 Å². The van der Waals surface area contributed by atoms with Gasteiger partial charge < -0.3 is 0 Å². The summed E-state index contributed by atoms with van der Waals surface area (Å²) < 4.78 is 0. The molecule has 0 aromatic carbocycles. The number of nitrogens with one attached hydrogen (secondary N) is 1. The van der Waals surface area contributed by atoms with Crippen LogP contribution in [0.4, 0.5) is 0 Å². The van der Waals surface area contributed by atoms with Crippen molar-refractivity contribution in [3.63, 3.8) is 0 Å². The maximum atomic E-state index is 6.86. The zero-order valence-electron chi connectivity index (χ0n) is 1.80. The van der Waals surface area contributed by atoms with Gasteiger partial charge in [-0.1, -0.05) is 0 Å². The van der Waals surface area contributed by atoms with Crippen LogP contribution in [0.1, 0.15) is 0 Å². The topological polar surface area (TPSA) is 60.3 Å². The normalized spacial score (nSPS) is 2.00. The van der Waals surface area contributed by atoms with Crippen LogP contribution in [-0.4, -0.2) is 0 Å². The van der Waals surface area contributed by atoms with Crippen LogP contribution in [0.15, 0.2) is 0 Å². The van der Waals surface area contributed by atoms with Crippen LogP contribution in [0.3, 0.4) is 0 Å². The fourth-order valence-corrected chi connectivity index (χ4v) is 0. The van der Waals surface area contributed by atoms with Gasteiger partial charge in [-0.3, -0.25) is 0 Å². The molecule has 0 saturated carbocycles. The molecule has 4 heavy (non-hydrogen) atoms. The fraction of sp³-hybridized carbons (Fsp3) is 0. The average Bonchev–Trinajstić information content (AvgIpc) is 0.918. The van der Waals surface area contributed by atoms with E-state index < -0.39 is 0 Å². The number of hydrogen-bond donors (Lipinski definition) is 1. The van der Waals surface area contributed by atoms with Gasteiger partial charge in [-0.2, -0.15) is 0 Å². The summed E-state index contributed by atoms with van der Waals surface area (Å²) >= 11 is 0. The molecule has 4 heteroatoms. The van der Waals surface area contributed by atoms with E-state index in [0.29, 0.717) is 0 Å². The Balaban J connectivity index is 0. The second kappa shape index (κ2) is 13.6. The van der Waals surface area contributed by atoms with Gasteiger partial charge in [-0.05, 0) is 10.4 Å². The second-order valence-electron chi connectivity index (χ2n) is 0.100. The molecule has 0 fully saturated rings. The molecule has 0 radical (unpaired) electrons. The summed E-state index contributed by atoms with van der Waals surface area (Å²) in [4.78, 5) is 1.75. The molecule has 0 spiro atoms. The summed E-state index contributed by atoms with van der Waals surface area (Å²) in [5, 5.41) is 0. The molecule has 0 unspecified atom stereocenters. The van der Waals surface area contributed by atoms with Crippen molar-refractivity contribution < 1.29 is 17.4 Å². The molecule has 0 aromatic heterocycles. The van der Waals surface area contributed by atoms with E-state index in [9.17, 15) is 0 Å². The molecule has 0 amide bonds. The van der Waals surface area contributed by atoms with Gasteiger partial charge in [0.15, 0.2) is 0 Å². The van der Waals surface area contributed by atoms with Crippen LogP contribution in [-0.2, 0) is 17.4 Å². The maximum absolute atomic E-state index is 6.86. The smallest absolute Gasteiger partial charge is 0 e. The van der Waals surface area contributed by atoms with Crippen molar-refractivity contribution in [1.82, 2.24) is 0 Å². The van der Waals surface area contributed by atoms with E-state index in [1.807, 2.05) is 0 Å². The van der Waals surface area contributed by atoms with E-state index in [-0.39, 0.29) is 17.4 Å². The number of rotatable bonds is 0. The van der Waals surface area contributed by atoms with E-state index >= 15 is 0 Å². The van der Waals surface area contributed by atoms with Gasteiger partial charge in [-0.15, -0.1) is 5.53 Å². The van der Waals surface area contributed by atoms with Gasteiger partial charge in [-0.25, -0.2) is 0 Å². The minimum absolute atomic E-state index is 0. The molecule has 0 rings (SSSR count). The van der Waals surface area contributed by atoms with E-state index in [0.717, 1.165) is 0 Å². The molecule has 0 atom stereocenters. The third-order valence-electron chi connectivity index (χ3n) is 0. The van der Waals surface area contributed by atoms with Crippen molar-refractivity contribution in [2.45, 2.75) is 0 Å². The van der Waals surface area contributed by atoms with Crippen molar-refractivity contribution in [3.8, 4) is 0 Å². The van der Waals surface area contributed by atoms with Crippen molar-refractivity contribution in [2.24, 2.45) is 0 Å². The Morgan fingerprint density at radius 1 is 1.75 bits per heavy atom. The molecule has 0 aliphatic carbocycles. The summed E-state index contributed by atoms with van der Waals surface area (Å²) in [6.45, 7) is 0. The van der Waals surface area contributed by atoms with Gasteiger partial charge in [0.2, 0.25) is 0 Å². The first-order chi connectivity index (χ1) is 1.41. The Labute approximate surface area is 34.2 Å². The van der Waals surface area contributed by atoms with Crippen molar-refractivity contribution in [1.29, 1.82) is 5.53 Å². The molecule has 1 N–H and O–H groups in total. The van der Waals surface area contributed by atoms with Gasteiger partial charge in [0, 0.05) is 17.4 Å². The minimum Gasteiger partial charge on any atom is -0.108 e. The average molecular weight is 95.0 g/mol. The first kappa shape index (κ1) is 9.15. The molecular formula is HCrN3. The largest absolute Gasteiger partial charge is 0.108 e. The van der Waals surface area contributed by atoms with Crippen LogP contribution in [0.2, 0.25) is 0 Å². The fourth-order valence-electron chi connectivity index (χ4n) is 0. The SMILES string of the molecule is [Cr].[N-]=[N+]=N. The third kappa shape index (κ3) is 52.7. The molecule has 0 aliphatic rings. The van der Waals surface area contributed by atoms with Crippen LogP contribution in [0.5, 0.6) is 0 Å². The van der Waals surface area contributed by atoms with Gasteiger partial charge in [0.05, 0.1) is 0 Å². The Hall–Kier alpha value is -0.158. The summed E-state index contributed by atoms with van der Waals surface area (Å²) in [6, 6.07) is 0. The Bertz CT molecular complexity index is 24.3. The van der Waals surface area contributed by atoms with E-state index in [1.54, 1.807) is 4.91 Å². The number of hydrogen-bond acceptors (Lipinski definition) is 1. The van der Waals surface area contributed by atoms with Gasteiger partial charge in [0.25, 0.3) is 0 Å². The predicted molar refractivity (Wildman–Crippen MR) is 9.44 cm³/mol. The molecule has 0 aliphatic heterocycles. The second-order valence-corrected chi connectivity index (χ2v) is 0.100. The Kier molecular flexibility index (Phi) is 31.1. The van der Waals surface area contributed by atoms with Crippen LogP contribution >= 0.6 is 0 Å². The standard InChI is InChI=1S/Cr.HN3/c;1-3-2/h;1H. The van der Waals surface area contributed by atoms with Crippen molar-refractivity contribution in [3.05, 3.63) is 10.4 Å². The van der Waals surface area contributed by atoms with Crippen LogP contribution in [0.25, 0.3) is 10.4 Å². The van der Waals surface area contributed by atoms with Crippen LogP contribution < -0.4 is 0 Å². The van der Waals surface area contributed by atoms with Crippen molar-refractivity contribution in [2.75, 3.05) is 0 Å². The summed E-state index contributed by atoms with van der Waals surface area (Å²) in [5.41, 5.74) is 12.2. The quantitative estimate of drug-likeness (QED) is 0.263. The van der Waals surface area contributed by atoms with E-state index in [1.165, 1.54) is 0 Å². The number of nitrogens with zero attached hydrogens (tertiary/aromatic N) is 2. The molecule has 0 bridgehead atoms. The van der Waals surface area contributed by atoms with E-state index in [2.05, 4.69) is 0 Å². The molecule has 0 aromatic rings. The van der Waals surface area contributed by atoms with E-state index in [4.69, 9.17) is 11.1 Å². The summed E-state index contributed by atoms with van der Waals surface area (Å²) in [7, 11) is 0. The molecule has 22 valence electrons. The third-order valence-corrected chi connectivity index (χ3v) is 0. The first-order valence-electron chi connectivity index (χ1n) is 0.424. The summed E-state index contributed by atoms with van der Waals surface area (Å²) in [5.74, 6) is 0. The monoisotopic (exact) mass is 95.0 g/mol. The van der Waals surface area contributed by atoms with Gasteiger partial charge >= 0.3 is 0 Å². The first-order valence-corrected chi connectivity index (χ1v) is 0.424. The zero-order valence-corrected chi connectivity index (χ0v) is 3.08. The molecule has 3 nitrogen and oxygen atoms in total. The molecular weight excluding hydrogens is 94.0 g/mol. The Morgan fingerprint density at radius 2 is 1.75 bits per heavy atom. The minimum atomic E-state index is 0. The van der Waals surface area contributed by atoms with Gasteiger partial charge in [0.1, 0.15) is 0 Å². The zero-order chi connectivity index (χ0) is 2.71. The predicted octanol–water partition coefficient (Wildman–Crippen LogP) is 0.873. The molecule has 0 heterocycles. The Morgan fingerprint density at radius 3 is 1.75 bits per heavy atom. The van der Waals surface area contributed by atoms with Crippen LogP contribution in [0, 0.1) is 5.53 Å². The summed E-state index contributed by atoms with van der Waals surface area (Å²) in [6.07, 6.45) is 0. The molecule has 0 saturated heterocycles.